The third-order valence-electron chi connectivity index (χ3n) is 4.46. The maximum atomic E-state index is 13.6. The number of rotatable bonds is 6. The second kappa shape index (κ2) is 8.11. The molecule has 128 valence electrons. The van der Waals surface area contributed by atoms with Gasteiger partial charge in [-0.2, -0.15) is 0 Å². The van der Waals surface area contributed by atoms with Crippen LogP contribution in [0.25, 0.3) is 0 Å². The topological polar surface area (TPSA) is 34.6 Å². The highest BCUT2D eigenvalue weighted by Crippen LogP contribution is 2.23. The Hall–Kier alpha value is -2.14. The molecule has 0 atom stereocenters. The van der Waals surface area contributed by atoms with Crippen molar-refractivity contribution >= 4 is 0 Å². The van der Waals surface area contributed by atoms with Crippen molar-refractivity contribution in [2.45, 2.75) is 19.4 Å². The van der Waals surface area contributed by atoms with E-state index < -0.39 is 0 Å². The second-order valence-electron chi connectivity index (χ2n) is 6.13. The molecule has 0 unspecified atom stereocenters. The Balaban J connectivity index is 1.47. The quantitative estimate of drug-likeness (QED) is 0.812. The predicted molar refractivity (Wildman–Crippen MR) is 90.7 cm³/mol. The Bertz CT molecular complexity index is 657. The Morgan fingerprint density at radius 3 is 2.71 bits per heavy atom. The van der Waals surface area contributed by atoms with E-state index in [1.54, 1.807) is 31.5 Å². The summed E-state index contributed by atoms with van der Waals surface area (Å²) >= 11 is 0. The minimum atomic E-state index is -0.293. The number of hydrogen-bond donors (Lipinski definition) is 0. The molecule has 1 saturated heterocycles. The molecule has 24 heavy (non-hydrogen) atoms. The van der Waals surface area contributed by atoms with Crippen LogP contribution in [0.5, 0.6) is 11.6 Å². The van der Waals surface area contributed by atoms with Crippen molar-refractivity contribution in [2.75, 3.05) is 26.8 Å². The zero-order chi connectivity index (χ0) is 16.8. The highest BCUT2D eigenvalue weighted by atomic mass is 19.1. The summed E-state index contributed by atoms with van der Waals surface area (Å²) in [4.78, 5) is 6.65. The first-order valence-corrected chi connectivity index (χ1v) is 8.34. The lowest BCUT2D eigenvalue weighted by Crippen LogP contribution is -2.35. The molecule has 0 spiro atoms. The molecule has 1 aromatic heterocycles. The summed E-state index contributed by atoms with van der Waals surface area (Å²) in [6.07, 6.45) is 3.85. The Kier molecular flexibility index (Phi) is 5.64. The van der Waals surface area contributed by atoms with E-state index in [2.05, 4.69) is 16.0 Å². The van der Waals surface area contributed by atoms with Crippen molar-refractivity contribution < 1.29 is 13.9 Å². The fourth-order valence-corrected chi connectivity index (χ4v) is 3.05. The molecule has 1 aromatic carbocycles. The molecule has 0 aliphatic carbocycles. The average Bonchev–Trinajstić information content (AvgIpc) is 2.63. The Morgan fingerprint density at radius 2 is 1.96 bits per heavy atom. The summed E-state index contributed by atoms with van der Waals surface area (Å²) in [6, 6.07) is 10.6. The van der Waals surface area contributed by atoms with E-state index in [0.29, 0.717) is 24.2 Å². The lowest BCUT2D eigenvalue weighted by molar-refractivity contribution is 0.133. The van der Waals surface area contributed by atoms with Crippen molar-refractivity contribution in [2.24, 2.45) is 5.92 Å². The number of para-hydroxylation sites is 1. The minimum Gasteiger partial charge on any atom is -0.490 e. The number of ether oxygens (including phenoxy) is 2. The number of aromatic nitrogens is 1. The zero-order valence-corrected chi connectivity index (χ0v) is 14.0. The third kappa shape index (κ3) is 4.23. The zero-order valence-electron chi connectivity index (χ0n) is 14.0. The lowest BCUT2D eigenvalue weighted by Gasteiger charge is -2.32. The number of nitrogens with zero attached hydrogens (tertiary/aromatic N) is 2. The van der Waals surface area contributed by atoms with Crippen molar-refractivity contribution in [3.8, 4) is 11.6 Å². The maximum absolute atomic E-state index is 13.6. The highest BCUT2D eigenvalue weighted by molar-refractivity contribution is 5.25. The van der Waals surface area contributed by atoms with E-state index in [1.165, 1.54) is 6.07 Å². The summed E-state index contributed by atoms with van der Waals surface area (Å²) in [6.45, 7) is 3.43. The highest BCUT2D eigenvalue weighted by Gasteiger charge is 2.21. The van der Waals surface area contributed by atoms with E-state index in [-0.39, 0.29) is 5.82 Å². The number of piperidine rings is 1. The van der Waals surface area contributed by atoms with Gasteiger partial charge < -0.3 is 9.47 Å². The molecule has 1 fully saturated rings. The van der Waals surface area contributed by atoms with Gasteiger partial charge in [-0.3, -0.25) is 4.90 Å². The van der Waals surface area contributed by atoms with Crippen LogP contribution in [-0.2, 0) is 6.54 Å². The van der Waals surface area contributed by atoms with E-state index in [1.807, 2.05) is 6.07 Å². The van der Waals surface area contributed by atoms with E-state index in [0.717, 1.165) is 38.0 Å². The van der Waals surface area contributed by atoms with Gasteiger partial charge in [-0.15, -0.1) is 0 Å². The summed E-state index contributed by atoms with van der Waals surface area (Å²) in [5.74, 6) is 1.22. The van der Waals surface area contributed by atoms with Crippen molar-refractivity contribution in [3.63, 3.8) is 0 Å². The molecule has 3 rings (SSSR count). The molecular weight excluding hydrogens is 307 g/mol. The Labute approximate surface area is 142 Å². The van der Waals surface area contributed by atoms with Gasteiger partial charge >= 0.3 is 0 Å². The number of hydrogen-bond acceptors (Lipinski definition) is 4. The predicted octanol–water partition coefficient (Wildman–Crippen LogP) is 3.52. The van der Waals surface area contributed by atoms with Gasteiger partial charge in [0.05, 0.1) is 13.7 Å². The van der Waals surface area contributed by atoms with Crippen molar-refractivity contribution in [1.29, 1.82) is 0 Å². The fraction of sp³-hybridized carbons (Fsp3) is 0.421. The standard InChI is InChI=1S/C19H23FN2O2/c1-23-19-16(5-4-10-21-19)13-22-11-8-15(9-12-22)14-24-18-7-3-2-6-17(18)20/h2-7,10,15H,8-9,11-14H2,1H3. The number of likely N-dealkylation sites (tertiary alicyclic amines) is 1. The van der Waals surface area contributed by atoms with Crippen LogP contribution >= 0.6 is 0 Å². The average molecular weight is 330 g/mol. The number of benzene rings is 1. The van der Waals surface area contributed by atoms with Gasteiger partial charge in [0, 0.05) is 18.3 Å². The van der Waals surface area contributed by atoms with Gasteiger partial charge in [0.15, 0.2) is 11.6 Å². The van der Waals surface area contributed by atoms with Gasteiger partial charge in [0.25, 0.3) is 0 Å². The van der Waals surface area contributed by atoms with Crippen LogP contribution < -0.4 is 9.47 Å². The largest absolute Gasteiger partial charge is 0.490 e. The van der Waals surface area contributed by atoms with E-state index in [9.17, 15) is 4.39 Å². The minimum absolute atomic E-state index is 0.293. The smallest absolute Gasteiger partial charge is 0.217 e. The monoisotopic (exact) mass is 330 g/mol. The summed E-state index contributed by atoms with van der Waals surface area (Å²) in [5, 5.41) is 0. The molecule has 1 aliphatic heterocycles. The molecule has 2 aromatic rings. The molecule has 5 heteroatoms. The third-order valence-corrected chi connectivity index (χ3v) is 4.46. The van der Waals surface area contributed by atoms with Gasteiger partial charge in [0.1, 0.15) is 0 Å². The SMILES string of the molecule is COc1ncccc1CN1CCC(COc2ccccc2F)CC1. The number of methoxy groups -OCH3 is 1. The first-order valence-electron chi connectivity index (χ1n) is 8.34. The van der Waals surface area contributed by atoms with Crippen molar-refractivity contribution in [3.05, 3.63) is 54.0 Å². The van der Waals surface area contributed by atoms with E-state index in [4.69, 9.17) is 9.47 Å². The van der Waals surface area contributed by atoms with Crippen LogP contribution in [0, 0.1) is 11.7 Å². The number of pyridine rings is 1. The second-order valence-corrected chi connectivity index (χ2v) is 6.13. The fourth-order valence-electron chi connectivity index (χ4n) is 3.05. The summed E-state index contributed by atoms with van der Waals surface area (Å²) < 4.78 is 24.5. The van der Waals surface area contributed by atoms with Crippen molar-refractivity contribution in [1.82, 2.24) is 9.88 Å². The maximum Gasteiger partial charge on any atom is 0.217 e. The lowest BCUT2D eigenvalue weighted by atomic mass is 9.97. The van der Waals surface area contributed by atoms with Gasteiger partial charge in [-0.05, 0) is 50.0 Å². The van der Waals surface area contributed by atoms with Crippen LogP contribution in [-0.4, -0.2) is 36.7 Å². The van der Waals surface area contributed by atoms with Gasteiger partial charge in [0.2, 0.25) is 5.88 Å². The number of halogens is 1. The molecule has 0 radical (unpaired) electrons. The first-order chi connectivity index (χ1) is 11.8. The molecule has 0 amide bonds. The molecular formula is C19H23FN2O2. The summed E-state index contributed by atoms with van der Waals surface area (Å²) in [7, 11) is 1.65. The summed E-state index contributed by atoms with van der Waals surface area (Å²) in [5.41, 5.74) is 1.11. The van der Waals surface area contributed by atoms with Gasteiger partial charge in [-0.1, -0.05) is 18.2 Å². The van der Waals surface area contributed by atoms with E-state index >= 15 is 0 Å². The first kappa shape index (κ1) is 16.7. The van der Waals surface area contributed by atoms with Crippen LogP contribution in [0.4, 0.5) is 4.39 Å². The normalized spacial score (nSPS) is 16.1. The molecule has 1 aliphatic rings. The molecule has 0 N–H and O–H groups in total. The van der Waals surface area contributed by atoms with Gasteiger partial charge in [-0.25, -0.2) is 9.37 Å². The molecule has 4 nitrogen and oxygen atoms in total. The van der Waals surface area contributed by atoms with Crippen LogP contribution in [0.3, 0.4) is 0 Å². The van der Waals surface area contributed by atoms with Crippen LogP contribution in [0.15, 0.2) is 42.6 Å². The molecule has 2 heterocycles. The molecule has 0 saturated carbocycles. The van der Waals surface area contributed by atoms with Crippen LogP contribution in [0.1, 0.15) is 18.4 Å². The van der Waals surface area contributed by atoms with Crippen LogP contribution in [0.2, 0.25) is 0 Å². The molecule has 0 bridgehead atoms. The Morgan fingerprint density at radius 1 is 1.17 bits per heavy atom.